The number of phenols is 1. The van der Waals surface area contributed by atoms with Crippen LogP contribution in [0.4, 0.5) is 0 Å². The summed E-state index contributed by atoms with van der Waals surface area (Å²) < 4.78 is 10.1. The molecule has 0 radical (unpaired) electrons. The van der Waals surface area contributed by atoms with Crippen LogP contribution in [0.1, 0.15) is 15.9 Å². The zero-order chi connectivity index (χ0) is 13.7. The van der Waals surface area contributed by atoms with Crippen molar-refractivity contribution >= 4 is 5.97 Å². The number of hydrogen-bond acceptors (Lipinski definition) is 4. The molecule has 2 aromatic rings. The van der Waals surface area contributed by atoms with Gasteiger partial charge in [-0.15, -0.1) is 0 Å². The molecule has 0 aromatic heterocycles. The van der Waals surface area contributed by atoms with Gasteiger partial charge >= 0.3 is 5.97 Å². The van der Waals surface area contributed by atoms with Crippen molar-refractivity contribution in [2.75, 3.05) is 7.11 Å². The molecule has 2 aromatic carbocycles. The molecule has 2 rings (SSSR count). The van der Waals surface area contributed by atoms with Crippen molar-refractivity contribution in [2.45, 2.75) is 6.61 Å². The fourth-order valence-electron chi connectivity index (χ4n) is 1.61. The molecule has 0 amide bonds. The molecule has 0 atom stereocenters. The first kappa shape index (κ1) is 13.0. The maximum absolute atomic E-state index is 11.9. The second kappa shape index (κ2) is 5.91. The highest BCUT2D eigenvalue weighted by atomic mass is 16.5. The van der Waals surface area contributed by atoms with Gasteiger partial charge in [0.15, 0.2) is 0 Å². The van der Waals surface area contributed by atoms with Crippen molar-refractivity contribution in [3.63, 3.8) is 0 Å². The Morgan fingerprint density at radius 1 is 1.16 bits per heavy atom. The minimum absolute atomic E-state index is 0.0929. The van der Waals surface area contributed by atoms with Crippen LogP contribution >= 0.6 is 0 Å². The second-order valence-electron chi connectivity index (χ2n) is 3.94. The summed E-state index contributed by atoms with van der Waals surface area (Å²) >= 11 is 0. The molecule has 0 spiro atoms. The maximum atomic E-state index is 11.9. The van der Waals surface area contributed by atoms with Gasteiger partial charge in [0.25, 0.3) is 0 Å². The van der Waals surface area contributed by atoms with Crippen molar-refractivity contribution in [3.05, 3.63) is 59.7 Å². The van der Waals surface area contributed by atoms with E-state index in [4.69, 9.17) is 9.47 Å². The molecule has 0 fully saturated rings. The first-order valence-electron chi connectivity index (χ1n) is 5.79. The number of ether oxygens (including phenoxy) is 2. The quantitative estimate of drug-likeness (QED) is 0.857. The smallest absolute Gasteiger partial charge is 0.342 e. The fraction of sp³-hybridized carbons (Fsp3) is 0.133. The summed E-state index contributed by atoms with van der Waals surface area (Å²) in [5, 5.41) is 9.64. The van der Waals surface area contributed by atoms with E-state index in [0.717, 1.165) is 5.56 Å². The molecule has 0 heterocycles. The second-order valence-corrected chi connectivity index (χ2v) is 3.94. The van der Waals surface area contributed by atoms with Crippen LogP contribution in [0.25, 0.3) is 0 Å². The molecule has 0 aliphatic heterocycles. The third-order valence-electron chi connectivity index (χ3n) is 2.64. The maximum Gasteiger partial charge on any atom is 0.342 e. The van der Waals surface area contributed by atoms with E-state index in [1.165, 1.54) is 19.2 Å². The van der Waals surface area contributed by atoms with Crippen molar-refractivity contribution in [1.82, 2.24) is 0 Å². The molecular formula is C15H14O4. The molecule has 4 nitrogen and oxygen atoms in total. The molecule has 0 unspecified atom stereocenters. The van der Waals surface area contributed by atoms with E-state index in [9.17, 15) is 9.90 Å². The lowest BCUT2D eigenvalue weighted by Gasteiger charge is -2.08. The topological polar surface area (TPSA) is 55.8 Å². The summed E-state index contributed by atoms with van der Waals surface area (Å²) in [6.45, 7) is 0.163. The number of carbonyl (C=O) groups is 1. The summed E-state index contributed by atoms with van der Waals surface area (Å²) in [4.78, 5) is 11.9. The Balaban J connectivity index is 2.08. The van der Waals surface area contributed by atoms with Gasteiger partial charge in [0.1, 0.15) is 23.7 Å². The number of carbonyl (C=O) groups excluding carboxylic acids is 1. The highest BCUT2D eigenvalue weighted by Crippen LogP contribution is 2.23. The van der Waals surface area contributed by atoms with Crippen LogP contribution in [-0.2, 0) is 11.3 Å². The van der Waals surface area contributed by atoms with Crippen molar-refractivity contribution in [2.24, 2.45) is 0 Å². The van der Waals surface area contributed by atoms with Gasteiger partial charge in [-0.25, -0.2) is 4.79 Å². The van der Waals surface area contributed by atoms with Crippen LogP contribution in [-0.4, -0.2) is 18.2 Å². The molecule has 0 aliphatic rings. The number of rotatable bonds is 4. The largest absolute Gasteiger partial charge is 0.507 e. The molecular weight excluding hydrogens is 244 g/mol. The minimum atomic E-state index is -0.583. The third-order valence-corrected chi connectivity index (χ3v) is 2.64. The number of methoxy groups -OCH3 is 1. The number of benzene rings is 2. The van der Waals surface area contributed by atoms with Gasteiger partial charge in [-0.1, -0.05) is 30.3 Å². The number of hydrogen-bond donors (Lipinski definition) is 1. The summed E-state index contributed by atoms with van der Waals surface area (Å²) in [6, 6.07) is 13.8. The molecule has 0 saturated carbocycles. The number of aromatic hydroxyl groups is 1. The number of esters is 1. The predicted octanol–water partition coefficient (Wildman–Crippen LogP) is 2.76. The van der Waals surface area contributed by atoms with E-state index in [2.05, 4.69) is 0 Å². The average molecular weight is 258 g/mol. The Hall–Kier alpha value is -2.49. The molecule has 0 bridgehead atoms. The highest BCUT2D eigenvalue weighted by Gasteiger charge is 2.13. The molecule has 0 aliphatic carbocycles. The standard InChI is InChI=1S/C15H14O4/c1-18-12-7-8-14(16)13(9-12)15(17)19-10-11-5-3-2-4-6-11/h2-9,16H,10H2,1H3. The lowest BCUT2D eigenvalue weighted by Crippen LogP contribution is -2.05. The summed E-state index contributed by atoms with van der Waals surface area (Å²) in [5.74, 6) is -0.219. The zero-order valence-corrected chi connectivity index (χ0v) is 10.5. The third kappa shape index (κ3) is 3.25. The Labute approximate surface area is 111 Å². The van der Waals surface area contributed by atoms with Gasteiger partial charge in [0, 0.05) is 0 Å². The summed E-state index contributed by atoms with van der Waals surface area (Å²) in [7, 11) is 1.49. The summed E-state index contributed by atoms with van der Waals surface area (Å²) in [5.41, 5.74) is 0.980. The van der Waals surface area contributed by atoms with E-state index < -0.39 is 5.97 Å². The van der Waals surface area contributed by atoms with E-state index >= 15 is 0 Å². The monoisotopic (exact) mass is 258 g/mol. The van der Waals surface area contributed by atoms with Crippen molar-refractivity contribution < 1.29 is 19.4 Å². The highest BCUT2D eigenvalue weighted by molar-refractivity contribution is 5.92. The molecule has 1 N–H and O–H groups in total. The van der Waals surface area contributed by atoms with Gasteiger partial charge < -0.3 is 14.6 Å². The van der Waals surface area contributed by atoms with Gasteiger partial charge in [0.2, 0.25) is 0 Å². The fourth-order valence-corrected chi connectivity index (χ4v) is 1.61. The Bertz CT molecular complexity index is 564. The Morgan fingerprint density at radius 2 is 1.89 bits per heavy atom. The zero-order valence-electron chi connectivity index (χ0n) is 10.5. The molecule has 4 heteroatoms. The van der Waals surface area contributed by atoms with Crippen LogP contribution in [0.2, 0.25) is 0 Å². The van der Waals surface area contributed by atoms with Crippen molar-refractivity contribution in [3.8, 4) is 11.5 Å². The van der Waals surface area contributed by atoms with Crippen LogP contribution < -0.4 is 4.74 Å². The Morgan fingerprint density at radius 3 is 2.58 bits per heavy atom. The average Bonchev–Trinajstić information content (AvgIpc) is 2.46. The van der Waals surface area contributed by atoms with Crippen LogP contribution in [0.5, 0.6) is 11.5 Å². The van der Waals surface area contributed by atoms with Crippen LogP contribution in [0.15, 0.2) is 48.5 Å². The van der Waals surface area contributed by atoms with Gasteiger partial charge in [-0.3, -0.25) is 0 Å². The SMILES string of the molecule is COc1ccc(O)c(C(=O)OCc2ccccc2)c1. The van der Waals surface area contributed by atoms with Gasteiger partial charge in [-0.2, -0.15) is 0 Å². The first-order chi connectivity index (χ1) is 9.20. The Kier molecular flexibility index (Phi) is 4.03. The normalized spacial score (nSPS) is 9.95. The lowest BCUT2D eigenvalue weighted by atomic mass is 10.2. The van der Waals surface area contributed by atoms with E-state index in [1.807, 2.05) is 30.3 Å². The van der Waals surface area contributed by atoms with Crippen LogP contribution in [0, 0.1) is 0 Å². The molecule has 0 saturated heterocycles. The number of phenolic OH excluding ortho intramolecular Hbond substituents is 1. The van der Waals surface area contributed by atoms with E-state index in [0.29, 0.717) is 5.75 Å². The minimum Gasteiger partial charge on any atom is -0.507 e. The van der Waals surface area contributed by atoms with Crippen molar-refractivity contribution in [1.29, 1.82) is 0 Å². The lowest BCUT2D eigenvalue weighted by molar-refractivity contribution is 0.0469. The summed E-state index contributed by atoms with van der Waals surface area (Å²) in [6.07, 6.45) is 0. The van der Waals surface area contributed by atoms with Gasteiger partial charge in [-0.05, 0) is 23.8 Å². The predicted molar refractivity (Wildman–Crippen MR) is 70.2 cm³/mol. The first-order valence-corrected chi connectivity index (χ1v) is 5.79. The van der Waals surface area contributed by atoms with E-state index in [-0.39, 0.29) is 17.9 Å². The van der Waals surface area contributed by atoms with E-state index in [1.54, 1.807) is 6.07 Å². The van der Waals surface area contributed by atoms with Crippen LogP contribution in [0.3, 0.4) is 0 Å². The van der Waals surface area contributed by atoms with Gasteiger partial charge in [0.05, 0.1) is 7.11 Å². The molecule has 19 heavy (non-hydrogen) atoms. The molecule has 98 valence electrons.